The molecule has 4 N–H and O–H groups in total. The van der Waals surface area contributed by atoms with Crippen LogP contribution < -0.4 is 20.5 Å². The van der Waals surface area contributed by atoms with Gasteiger partial charge in [-0.3, -0.25) is 14.4 Å². The first-order valence-electron chi connectivity index (χ1n) is 16.5. The maximum Gasteiger partial charge on any atom is 0.309 e. The van der Waals surface area contributed by atoms with Crippen LogP contribution in [-0.2, 0) is 14.4 Å². The highest BCUT2D eigenvalue weighted by Crippen LogP contribution is 2.53. The Hall–Kier alpha value is -3.99. The van der Waals surface area contributed by atoms with Crippen LogP contribution in [0.5, 0.6) is 11.5 Å². The quantitative estimate of drug-likeness (QED) is 0.125. The van der Waals surface area contributed by atoms with Crippen LogP contribution >= 0.6 is 11.3 Å². The molecule has 2 aliphatic carbocycles. The van der Waals surface area contributed by atoms with Crippen molar-refractivity contribution in [2.75, 3.05) is 13.7 Å². The molecule has 0 saturated heterocycles. The van der Waals surface area contributed by atoms with E-state index in [2.05, 4.69) is 25.2 Å². The number of methoxy groups -OCH3 is 1. The number of pyridine rings is 1. The largest absolute Gasteiger partial charge is 0.496 e. The normalized spacial score (nSPS) is 23.8. The first kappa shape index (κ1) is 34.3. The number of allylic oxidation sites excluding steroid dienone is 2. The van der Waals surface area contributed by atoms with Gasteiger partial charge >= 0.3 is 5.97 Å². The van der Waals surface area contributed by atoms with Crippen molar-refractivity contribution in [1.29, 1.82) is 0 Å². The maximum absolute atomic E-state index is 13.3. The average molecular weight is 663 g/mol. The van der Waals surface area contributed by atoms with E-state index in [1.165, 1.54) is 11.3 Å². The second-order valence-corrected chi connectivity index (χ2v) is 14.3. The zero-order chi connectivity index (χ0) is 33.9. The minimum Gasteiger partial charge on any atom is -0.496 e. The van der Waals surface area contributed by atoms with Gasteiger partial charge in [-0.25, -0.2) is 9.97 Å². The molecule has 0 aliphatic heterocycles. The summed E-state index contributed by atoms with van der Waals surface area (Å²) in [6.45, 7) is 8.47. The lowest BCUT2D eigenvalue weighted by Crippen LogP contribution is -2.37. The maximum atomic E-state index is 13.3. The minimum atomic E-state index is -0.732. The van der Waals surface area contributed by atoms with Gasteiger partial charge in [0.2, 0.25) is 11.8 Å². The Labute approximate surface area is 280 Å². The Balaban J connectivity index is 1.21. The van der Waals surface area contributed by atoms with Crippen LogP contribution in [-0.4, -0.2) is 52.6 Å². The smallest absolute Gasteiger partial charge is 0.309 e. The van der Waals surface area contributed by atoms with E-state index in [9.17, 15) is 19.5 Å². The number of rotatable bonds is 15. The van der Waals surface area contributed by atoms with Crippen LogP contribution in [0.15, 0.2) is 35.7 Å². The number of carboxylic acids is 1. The number of carbonyl (C=O) groups excluding carboxylic acids is 2. The number of benzene rings is 1. The Morgan fingerprint density at radius 3 is 2.57 bits per heavy atom. The zero-order valence-electron chi connectivity index (χ0n) is 27.9. The second kappa shape index (κ2) is 14.4. The van der Waals surface area contributed by atoms with Crippen molar-refractivity contribution in [2.24, 2.45) is 28.9 Å². The molecule has 10 nitrogen and oxygen atoms in total. The molecule has 2 aromatic heterocycles. The predicted molar refractivity (Wildman–Crippen MR) is 183 cm³/mol. The molecular formula is C36H46N4O6S. The van der Waals surface area contributed by atoms with Crippen molar-refractivity contribution in [2.45, 2.75) is 84.7 Å². The van der Waals surface area contributed by atoms with Crippen LogP contribution in [0.4, 0.5) is 0 Å². The monoisotopic (exact) mass is 662 g/mol. The number of aryl methyl sites for hydroxylation is 1. The van der Waals surface area contributed by atoms with Crippen molar-refractivity contribution in [1.82, 2.24) is 15.3 Å². The van der Waals surface area contributed by atoms with E-state index in [-0.39, 0.29) is 17.9 Å². The van der Waals surface area contributed by atoms with Crippen molar-refractivity contribution >= 4 is 40.0 Å². The van der Waals surface area contributed by atoms with E-state index in [1.807, 2.05) is 36.6 Å². The molecule has 1 unspecified atom stereocenters. The summed E-state index contributed by atoms with van der Waals surface area (Å²) in [5, 5.41) is 15.9. The van der Waals surface area contributed by atoms with E-state index in [0.717, 1.165) is 58.6 Å². The van der Waals surface area contributed by atoms with E-state index in [0.29, 0.717) is 43.2 Å². The molecule has 2 saturated carbocycles. The number of ether oxygens (including phenoxy) is 2. The van der Waals surface area contributed by atoms with Gasteiger partial charge in [-0.2, -0.15) is 0 Å². The van der Waals surface area contributed by atoms with E-state index < -0.39 is 29.1 Å². The fraction of sp³-hybridized carbons (Fsp3) is 0.528. The number of thiazole rings is 1. The van der Waals surface area contributed by atoms with Crippen molar-refractivity contribution in [3.8, 4) is 22.2 Å². The summed E-state index contributed by atoms with van der Waals surface area (Å²) in [4.78, 5) is 46.7. The molecule has 0 bridgehead atoms. The summed E-state index contributed by atoms with van der Waals surface area (Å²) < 4.78 is 12.2. The Morgan fingerprint density at radius 1 is 1.15 bits per heavy atom. The fourth-order valence-electron chi connectivity index (χ4n) is 6.44. The fourth-order valence-corrected chi connectivity index (χ4v) is 7.38. The van der Waals surface area contributed by atoms with Gasteiger partial charge in [-0.05, 0) is 76.3 Å². The molecule has 0 spiro atoms. The second-order valence-electron chi connectivity index (χ2n) is 13.5. The summed E-state index contributed by atoms with van der Waals surface area (Å²) >= 11 is 1.54. The van der Waals surface area contributed by atoms with Gasteiger partial charge in [-0.15, -0.1) is 11.3 Å². The highest BCUT2D eigenvalue weighted by atomic mass is 32.1. The number of hydrogen-bond acceptors (Lipinski definition) is 8. The standard InChI is InChI=1S/C36H46N4O6S/c1-20(2)28-19-47-34(40-28)27-17-30(24-12-13-29(45-5)21(3)31(24)39-27)46-23-15-25(32(37)41)26(16-23)33(42)38-14-10-8-6-7-9-11-22-18-36(22,4)35(43)44/h9,11-13,17,19-20,22-23,25-26H,6-8,10,14-16,18H2,1-5H3,(H2,37,41)(H,38,42)(H,43,44)/b11-9-/t22-,23?,25-,26-,36+/m1/s1. The van der Waals surface area contributed by atoms with Gasteiger partial charge in [-0.1, -0.05) is 32.4 Å². The van der Waals surface area contributed by atoms with Gasteiger partial charge in [0.15, 0.2) is 0 Å². The van der Waals surface area contributed by atoms with Crippen LogP contribution in [0.3, 0.4) is 0 Å². The summed E-state index contributed by atoms with van der Waals surface area (Å²) in [5.74, 6) is -0.832. The first-order valence-corrected chi connectivity index (χ1v) is 17.4. The molecule has 2 heterocycles. The highest BCUT2D eigenvalue weighted by molar-refractivity contribution is 7.13. The number of aromatic nitrogens is 2. The third-order valence-corrected chi connectivity index (χ3v) is 10.6. The zero-order valence-corrected chi connectivity index (χ0v) is 28.7. The number of hydrogen-bond donors (Lipinski definition) is 3. The number of nitrogens with one attached hydrogen (secondary N) is 1. The van der Waals surface area contributed by atoms with Crippen LogP contribution in [0.2, 0.25) is 0 Å². The molecule has 5 atom stereocenters. The van der Waals surface area contributed by atoms with E-state index in [1.54, 1.807) is 14.0 Å². The summed E-state index contributed by atoms with van der Waals surface area (Å²) in [6, 6.07) is 5.71. The number of aliphatic carboxylic acids is 1. The molecule has 3 aromatic rings. The number of carbonyl (C=O) groups is 3. The number of fused-ring (bicyclic) bond motifs is 1. The van der Waals surface area contributed by atoms with Crippen molar-refractivity contribution in [3.05, 3.63) is 47.0 Å². The van der Waals surface area contributed by atoms with Crippen molar-refractivity contribution in [3.63, 3.8) is 0 Å². The number of amides is 2. The number of nitrogens with two attached hydrogens (primary N) is 1. The Morgan fingerprint density at radius 2 is 1.91 bits per heavy atom. The van der Waals surface area contributed by atoms with Crippen molar-refractivity contribution < 1.29 is 29.0 Å². The van der Waals surface area contributed by atoms with Gasteiger partial charge < -0.3 is 25.6 Å². The number of primary amides is 1. The Kier molecular flexibility index (Phi) is 10.5. The van der Waals surface area contributed by atoms with Crippen LogP contribution in [0.25, 0.3) is 21.6 Å². The summed E-state index contributed by atoms with van der Waals surface area (Å²) in [6.07, 6.45) is 8.72. The lowest BCUT2D eigenvalue weighted by atomic mass is 9.94. The summed E-state index contributed by atoms with van der Waals surface area (Å²) in [7, 11) is 1.63. The topological polar surface area (TPSA) is 154 Å². The third-order valence-electron chi connectivity index (χ3n) is 9.72. The third kappa shape index (κ3) is 7.61. The first-order chi connectivity index (χ1) is 22.4. The van der Waals surface area contributed by atoms with Crippen LogP contribution in [0, 0.1) is 30.1 Å². The highest BCUT2D eigenvalue weighted by Gasteiger charge is 2.54. The molecule has 252 valence electrons. The molecule has 5 rings (SSSR count). The predicted octanol–water partition coefficient (Wildman–Crippen LogP) is 6.40. The van der Waals surface area contributed by atoms with E-state index in [4.69, 9.17) is 25.2 Å². The lowest BCUT2D eigenvalue weighted by Gasteiger charge is -2.18. The van der Waals surface area contributed by atoms with E-state index >= 15 is 0 Å². The SMILES string of the molecule is COc1ccc2c(OC3C[C@@H](C(N)=O)[C@H](C(=O)NCCCCC/C=C\[C@@H]4C[C@]4(C)C(=O)O)C3)cc(-c3nc(C(C)C)cs3)nc2c1C. The summed E-state index contributed by atoms with van der Waals surface area (Å²) in [5.41, 5.74) is 8.52. The van der Waals surface area contributed by atoms with Gasteiger partial charge in [0.25, 0.3) is 0 Å². The lowest BCUT2D eigenvalue weighted by molar-refractivity contribution is -0.143. The molecular weight excluding hydrogens is 616 g/mol. The molecule has 47 heavy (non-hydrogen) atoms. The van der Waals surface area contributed by atoms with Gasteiger partial charge in [0.1, 0.15) is 28.3 Å². The minimum absolute atomic E-state index is 0.125. The Bertz CT molecular complexity index is 1670. The number of carboxylic acid groups (broad SMARTS) is 1. The van der Waals surface area contributed by atoms with Gasteiger partial charge in [0, 0.05) is 28.9 Å². The van der Waals surface area contributed by atoms with Gasteiger partial charge in [0.05, 0.1) is 35.6 Å². The average Bonchev–Trinajstić information content (AvgIpc) is 3.36. The molecule has 0 radical (unpaired) electrons. The molecule has 2 amide bonds. The number of unbranched alkanes of at least 4 members (excludes halogenated alkanes) is 3. The number of nitrogens with zero attached hydrogens (tertiary/aromatic N) is 2. The molecule has 2 fully saturated rings. The molecule has 2 aliphatic rings. The molecule has 1 aromatic carbocycles. The van der Waals surface area contributed by atoms with Crippen LogP contribution in [0.1, 0.15) is 82.9 Å². The molecule has 11 heteroatoms.